The van der Waals surface area contributed by atoms with Gasteiger partial charge in [0.2, 0.25) is 0 Å². The van der Waals surface area contributed by atoms with Crippen LogP contribution in [0.5, 0.6) is 0 Å². The van der Waals surface area contributed by atoms with Gasteiger partial charge in [-0.2, -0.15) is 0 Å². The smallest absolute Gasteiger partial charge is 0.335 e. The Labute approximate surface area is 123 Å². The van der Waals surface area contributed by atoms with Crippen molar-refractivity contribution in [2.75, 3.05) is 5.32 Å². The third-order valence-electron chi connectivity index (χ3n) is 3.87. The van der Waals surface area contributed by atoms with Gasteiger partial charge in [0.1, 0.15) is 0 Å². The first-order valence-corrected chi connectivity index (χ1v) is 7.26. The number of fused-ring (bicyclic) bond motifs is 1. The van der Waals surface area contributed by atoms with Crippen molar-refractivity contribution in [3.8, 4) is 0 Å². The minimum absolute atomic E-state index is 0.314. The summed E-state index contributed by atoms with van der Waals surface area (Å²) in [6.45, 7) is 0.667. The fourth-order valence-corrected chi connectivity index (χ4v) is 2.65. The maximum absolute atomic E-state index is 10.8. The van der Waals surface area contributed by atoms with Crippen molar-refractivity contribution in [1.82, 2.24) is 4.98 Å². The normalized spacial score (nSPS) is 13.5. The van der Waals surface area contributed by atoms with E-state index in [1.165, 1.54) is 24.1 Å². The lowest BCUT2D eigenvalue weighted by Crippen LogP contribution is -2.07. The summed E-state index contributed by atoms with van der Waals surface area (Å²) in [6.07, 6.45) is 6.57. The summed E-state index contributed by atoms with van der Waals surface area (Å²) in [5, 5.41) is 12.2. The van der Waals surface area contributed by atoms with Gasteiger partial charge in [0.15, 0.2) is 0 Å². The van der Waals surface area contributed by atoms with Gasteiger partial charge in [0, 0.05) is 12.2 Å². The standard InChI is InChI=1S/C17H18N2O2/c20-17(21)13-7-5-12(6-8-13)10-18-15-9-14-3-1-2-4-16(14)19-11-15/h5-9,11,18H,1-4,10H2,(H,20,21). The molecular weight excluding hydrogens is 264 g/mol. The van der Waals surface area contributed by atoms with Crippen LogP contribution in [0.25, 0.3) is 0 Å². The van der Waals surface area contributed by atoms with E-state index in [4.69, 9.17) is 5.11 Å². The first-order chi connectivity index (χ1) is 10.2. The minimum atomic E-state index is -0.895. The molecule has 0 fully saturated rings. The van der Waals surface area contributed by atoms with E-state index in [9.17, 15) is 4.79 Å². The van der Waals surface area contributed by atoms with E-state index in [0.29, 0.717) is 12.1 Å². The Bertz CT molecular complexity index is 650. The van der Waals surface area contributed by atoms with Gasteiger partial charge in [-0.05, 0) is 55.0 Å². The predicted octanol–water partition coefficient (Wildman–Crippen LogP) is 3.27. The molecule has 0 aliphatic heterocycles. The maximum atomic E-state index is 10.8. The molecular formula is C17H18N2O2. The highest BCUT2D eigenvalue weighted by molar-refractivity contribution is 5.87. The number of hydrogen-bond acceptors (Lipinski definition) is 3. The van der Waals surface area contributed by atoms with E-state index >= 15 is 0 Å². The summed E-state index contributed by atoms with van der Waals surface area (Å²) in [4.78, 5) is 15.3. The second kappa shape index (κ2) is 5.95. The van der Waals surface area contributed by atoms with Gasteiger partial charge in [0.05, 0.1) is 17.4 Å². The number of nitrogens with one attached hydrogen (secondary N) is 1. The summed E-state index contributed by atoms with van der Waals surface area (Å²) in [5.41, 5.74) is 4.98. The Morgan fingerprint density at radius 1 is 1.19 bits per heavy atom. The van der Waals surface area contributed by atoms with Gasteiger partial charge < -0.3 is 10.4 Å². The highest BCUT2D eigenvalue weighted by Gasteiger charge is 2.10. The van der Waals surface area contributed by atoms with Crippen LogP contribution in [-0.2, 0) is 19.4 Å². The summed E-state index contributed by atoms with van der Waals surface area (Å²) in [5.74, 6) is -0.895. The molecule has 1 aromatic heterocycles. The van der Waals surface area contributed by atoms with Crippen LogP contribution in [0.3, 0.4) is 0 Å². The quantitative estimate of drug-likeness (QED) is 0.903. The number of hydrogen-bond donors (Lipinski definition) is 2. The lowest BCUT2D eigenvalue weighted by atomic mass is 9.96. The van der Waals surface area contributed by atoms with Crippen LogP contribution >= 0.6 is 0 Å². The number of rotatable bonds is 4. The number of carbonyl (C=O) groups is 1. The third-order valence-corrected chi connectivity index (χ3v) is 3.87. The number of aryl methyl sites for hydroxylation is 2. The molecule has 4 nitrogen and oxygen atoms in total. The highest BCUT2D eigenvalue weighted by Crippen LogP contribution is 2.22. The predicted molar refractivity (Wildman–Crippen MR) is 81.6 cm³/mol. The maximum Gasteiger partial charge on any atom is 0.335 e. The van der Waals surface area contributed by atoms with E-state index in [-0.39, 0.29) is 0 Å². The molecule has 1 aliphatic rings. The number of aromatic nitrogens is 1. The molecule has 1 heterocycles. The zero-order valence-corrected chi connectivity index (χ0v) is 11.8. The molecule has 0 atom stereocenters. The number of pyridine rings is 1. The van der Waals surface area contributed by atoms with E-state index in [2.05, 4.69) is 16.4 Å². The zero-order chi connectivity index (χ0) is 14.7. The Hall–Kier alpha value is -2.36. The molecule has 0 unspecified atom stereocenters. The van der Waals surface area contributed by atoms with Crippen molar-refractivity contribution in [2.45, 2.75) is 32.2 Å². The van der Waals surface area contributed by atoms with Crippen molar-refractivity contribution in [2.24, 2.45) is 0 Å². The molecule has 21 heavy (non-hydrogen) atoms. The lowest BCUT2D eigenvalue weighted by Gasteiger charge is -2.16. The molecule has 1 aliphatic carbocycles. The van der Waals surface area contributed by atoms with Crippen molar-refractivity contribution < 1.29 is 9.90 Å². The van der Waals surface area contributed by atoms with E-state index in [1.807, 2.05) is 18.3 Å². The molecule has 2 aromatic rings. The number of carboxylic acids is 1. The second-order valence-electron chi connectivity index (χ2n) is 5.39. The molecule has 1 aromatic carbocycles. The summed E-state index contributed by atoms with van der Waals surface area (Å²) >= 11 is 0. The number of aromatic carboxylic acids is 1. The lowest BCUT2D eigenvalue weighted by molar-refractivity contribution is 0.0697. The Morgan fingerprint density at radius 3 is 2.71 bits per heavy atom. The minimum Gasteiger partial charge on any atom is -0.478 e. The van der Waals surface area contributed by atoms with Gasteiger partial charge in [-0.25, -0.2) is 4.79 Å². The summed E-state index contributed by atoms with van der Waals surface area (Å²) < 4.78 is 0. The first kappa shape index (κ1) is 13.6. The monoisotopic (exact) mass is 282 g/mol. The van der Waals surface area contributed by atoms with Gasteiger partial charge in [-0.3, -0.25) is 4.98 Å². The molecule has 0 bridgehead atoms. The van der Waals surface area contributed by atoms with E-state index in [0.717, 1.165) is 24.1 Å². The third kappa shape index (κ3) is 3.21. The van der Waals surface area contributed by atoms with E-state index < -0.39 is 5.97 Å². The van der Waals surface area contributed by atoms with Crippen molar-refractivity contribution in [1.29, 1.82) is 0 Å². The van der Waals surface area contributed by atoms with Crippen LogP contribution in [0, 0.1) is 0 Å². The SMILES string of the molecule is O=C(O)c1ccc(CNc2cnc3c(c2)CCCC3)cc1. The largest absolute Gasteiger partial charge is 0.478 e. The molecule has 3 rings (SSSR count). The number of nitrogens with zero attached hydrogens (tertiary/aromatic N) is 1. The van der Waals surface area contributed by atoms with Crippen molar-refractivity contribution >= 4 is 11.7 Å². The molecule has 0 radical (unpaired) electrons. The number of benzene rings is 1. The van der Waals surface area contributed by atoms with E-state index in [1.54, 1.807) is 12.1 Å². The van der Waals surface area contributed by atoms with Crippen LogP contribution in [0.15, 0.2) is 36.5 Å². The van der Waals surface area contributed by atoms with Gasteiger partial charge in [-0.15, -0.1) is 0 Å². The molecule has 0 spiro atoms. The van der Waals surface area contributed by atoms with Gasteiger partial charge >= 0.3 is 5.97 Å². The topological polar surface area (TPSA) is 62.2 Å². The number of carboxylic acid groups (broad SMARTS) is 1. The molecule has 108 valence electrons. The highest BCUT2D eigenvalue weighted by atomic mass is 16.4. The molecule has 0 saturated carbocycles. The van der Waals surface area contributed by atoms with Crippen molar-refractivity contribution in [3.63, 3.8) is 0 Å². The average molecular weight is 282 g/mol. The van der Waals surface area contributed by atoms with Crippen LogP contribution < -0.4 is 5.32 Å². The van der Waals surface area contributed by atoms with Gasteiger partial charge in [0.25, 0.3) is 0 Å². The summed E-state index contributed by atoms with van der Waals surface area (Å²) in [7, 11) is 0. The average Bonchev–Trinajstić information content (AvgIpc) is 2.53. The van der Waals surface area contributed by atoms with Crippen LogP contribution in [0.2, 0.25) is 0 Å². The van der Waals surface area contributed by atoms with Crippen LogP contribution in [-0.4, -0.2) is 16.1 Å². The molecule has 0 saturated heterocycles. The van der Waals surface area contributed by atoms with Crippen LogP contribution in [0.1, 0.15) is 40.0 Å². The first-order valence-electron chi connectivity index (χ1n) is 7.26. The molecule has 2 N–H and O–H groups in total. The Kier molecular flexibility index (Phi) is 3.86. The fourth-order valence-electron chi connectivity index (χ4n) is 2.65. The fraction of sp³-hybridized carbons (Fsp3) is 0.294. The second-order valence-corrected chi connectivity index (χ2v) is 5.39. The Balaban J connectivity index is 1.65. The zero-order valence-electron chi connectivity index (χ0n) is 11.8. The van der Waals surface area contributed by atoms with Crippen LogP contribution in [0.4, 0.5) is 5.69 Å². The van der Waals surface area contributed by atoms with Crippen molar-refractivity contribution in [3.05, 3.63) is 58.9 Å². The number of anilines is 1. The van der Waals surface area contributed by atoms with Gasteiger partial charge in [-0.1, -0.05) is 12.1 Å². The molecule has 4 heteroatoms. The summed E-state index contributed by atoms with van der Waals surface area (Å²) in [6, 6.07) is 9.12. The Morgan fingerprint density at radius 2 is 1.95 bits per heavy atom. The molecule has 0 amide bonds.